The second-order valence-corrected chi connectivity index (χ2v) is 5.73. The summed E-state index contributed by atoms with van der Waals surface area (Å²) in [6.45, 7) is 0. The molecule has 0 unspecified atom stereocenters. The molecule has 6 nitrogen and oxygen atoms in total. The zero-order chi connectivity index (χ0) is 17.6. The molecule has 0 fully saturated rings. The van der Waals surface area contributed by atoms with Crippen LogP contribution in [0.2, 0.25) is 0 Å². The van der Waals surface area contributed by atoms with Gasteiger partial charge in [-0.25, -0.2) is 0 Å². The van der Waals surface area contributed by atoms with Crippen molar-refractivity contribution >= 4 is 10.9 Å². The fourth-order valence-electron chi connectivity index (χ4n) is 3.21. The fraction of sp³-hybridized carbons (Fsp3) is 0.0526. The molecule has 1 aliphatic heterocycles. The molecule has 0 saturated carbocycles. The minimum absolute atomic E-state index is 0.0199. The summed E-state index contributed by atoms with van der Waals surface area (Å²) in [5, 5.41) is 20.5. The molecular weight excluding hydrogens is 318 g/mol. The highest BCUT2D eigenvalue weighted by Gasteiger charge is 2.35. The highest BCUT2D eigenvalue weighted by Crippen LogP contribution is 2.44. The molecule has 122 valence electrons. The van der Waals surface area contributed by atoms with E-state index in [0.717, 1.165) is 0 Å². The molecule has 0 amide bonds. The van der Waals surface area contributed by atoms with Crippen LogP contribution in [0, 0.1) is 11.3 Å². The Labute approximate surface area is 142 Å². The van der Waals surface area contributed by atoms with Crippen LogP contribution in [0.5, 0.6) is 11.5 Å². The van der Waals surface area contributed by atoms with E-state index in [9.17, 15) is 15.2 Å². The first-order valence-corrected chi connectivity index (χ1v) is 7.62. The number of pyridine rings is 1. The van der Waals surface area contributed by atoms with Crippen LogP contribution in [0.1, 0.15) is 17.0 Å². The fourth-order valence-corrected chi connectivity index (χ4v) is 3.21. The predicted octanol–water partition coefficient (Wildman–Crippen LogP) is 2.45. The van der Waals surface area contributed by atoms with E-state index < -0.39 is 5.92 Å². The topological polar surface area (TPSA) is 112 Å². The molecule has 0 bridgehead atoms. The summed E-state index contributed by atoms with van der Waals surface area (Å²) in [6.07, 6.45) is 0. The zero-order valence-corrected chi connectivity index (χ0v) is 13.0. The number of para-hydroxylation sites is 2. The Kier molecular flexibility index (Phi) is 3.22. The number of phenols is 1. The van der Waals surface area contributed by atoms with Crippen molar-refractivity contribution in [1.82, 2.24) is 4.98 Å². The van der Waals surface area contributed by atoms with Gasteiger partial charge in [0.05, 0.1) is 17.0 Å². The molecule has 6 heteroatoms. The lowest BCUT2D eigenvalue weighted by Gasteiger charge is -2.26. The molecule has 0 radical (unpaired) electrons. The third kappa shape index (κ3) is 2.14. The van der Waals surface area contributed by atoms with E-state index in [1.807, 2.05) is 12.1 Å². The molecule has 1 aliphatic rings. The maximum Gasteiger partial charge on any atom is 0.256 e. The molecule has 25 heavy (non-hydrogen) atoms. The van der Waals surface area contributed by atoms with Crippen molar-refractivity contribution in [1.29, 1.82) is 5.26 Å². The van der Waals surface area contributed by atoms with Gasteiger partial charge in [-0.2, -0.15) is 5.26 Å². The van der Waals surface area contributed by atoms with Crippen molar-refractivity contribution in [3.63, 3.8) is 0 Å². The molecule has 0 saturated heterocycles. The molecule has 4 N–H and O–H groups in total. The van der Waals surface area contributed by atoms with Gasteiger partial charge in [-0.3, -0.25) is 4.79 Å². The number of ether oxygens (including phenoxy) is 1. The molecule has 4 rings (SSSR count). The first-order valence-electron chi connectivity index (χ1n) is 7.62. The lowest BCUT2D eigenvalue weighted by molar-refractivity contribution is 0.394. The highest BCUT2D eigenvalue weighted by molar-refractivity contribution is 5.87. The van der Waals surface area contributed by atoms with Crippen LogP contribution in [-0.2, 0) is 0 Å². The number of benzene rings is 2. The zero-order valence-electron chi connectivity index (χ0n) is 13.0. The quantitative estimate of drug-likeness (QED) is 0.634. The van der Waals surface area contributed by atoms with Crippen LogP contribution >= 0.6 is 0 Å². The highest BCUT2D eigenvalue weighted by atomic mass is 16.5. The number of aromatic nitrogens is 1. The van der Waals surface area contributed by atoms with Crippen molar-refractivity contribution < 1.29 is 9.84 Å². The van der Waals surface area contributed by atoms with Crippen LogP contribution in [0.3, 0.4) is 0 Å². The van der Waals surface area contributed by atoms with Crippen LogP contribution in [0.25, 0.3) is 10.9 Å². The number of nitrogens with zero attached hydrogens (tertiary/aromatic N) is 1. The summed E-state index contributed by atoms with van der Waals surface area (Å²) in [4.78, 5) is 15.6. The number of phenolic OH excluding ortho intramolecular Hbond substituents is 1. The Morgan fingerprint density at radius 1 is 1.16 bits per heavy atom. The van der Waals surface area contributed by atoms with E-state index in [0.29, 0.717) is 22.2 Å². The molecule has 2 heterocycles. The standard InChI is InChI=1S/C19H13N3O3/c20-9-12-15(11-6-2-4-8-14(11)23)16-17(25-18(12)21)10-5-1-3-7-13(10)22-19(16)24/h1-8,15,23H,21H2,(H,22,24)/t15-/m0/s1. The van der Waals surface area contributed by atoms with E-state index >= 15 is 0 Å². The molecule has 0 aliphatic carbocycles. The SMILES string of the molecule is N#CC1=C(N)Oc2c(c(=O)[nH]c3ccccc23)[C@H]1c1ccccc1O. The average Bonchev–Trinajstić information content (AvgIpc) is 2.61. The summed E-state index contributed by atoms with van der Waals surface area (Å²) in [5.74, 6) is -0.583. The Morgan fingerprint density at radius 3 is 2.64 bits per heavy atom. The number of hydrogen-bond donors (Lipinski definition) is 3. The Hall–Kier alpha value is -3.72. The summed E-state index contributed by atoms with van der Waals surface area (Å²) in [7, 11) is 0. The van der Waals surface area contributed by atoms with Gasteiger partial charge < -0.3 is 20.6 Å². The Morgan fingerprint density at radius 2 is 1.88 bits per heavy atom. The Balaban J connectivity index is 2.12. The first-order chi connectivity index (χ1) is 12.1. The normalized spacial score (nSPS) is 16.2. The van der Waals surface area contributed by atoms with Crippen molar-refractivity contribution in [2.75, 3.05) is 0 Å². The molecule has 1 aromatic heterocycles. The minimum Gasteiger partial charge on any atom is -0.508 e. The van der Waals surface area contributed by atoms with E-state index in [-0.39, 0.29) is 28.3 Å². The number of nitriles is 1. The molecule has 0 spiro atoms. The van der Waals surface area contributed by atoms with Crippen molar-refractivity contribution in [2.45, 2.75) is 5.92 Å². The number of aromatic amines is 1. The summed E-state index contributed by atoms with van der Waals surface area (Å²) in [6, 6.07) is 15.8. The predicted molar refractivity (Wildman–Crippen MR) is 92.0 cm³/mol. The number of hydrogen-bond acceptors (Lipinski definition) is 5. The summed E-state index contributed by atoms with van der Waals surface area (Å²) < 4.78 is 5.65. The second kappa shape index (κ2) is 5.42. The van der Waals surface area contributed by atoms with Crippen LogP contribution < -0.4 is 16.0 Å². The second-order valence-electron chi connectivity index (χ2n) is 5.73. The summed E-state index contributed by atoms with van der Waals surface area (Å²) in [5.41, 5.74) is 6.96. The number of nitrogens with one attached hydrogen (secondary N) is 1. The van der Waals surface area contributed by atoms with Gasteiger partial charge in [0, 0.05) is 10.9 Å². The number of fused-ring (bicyclic) bond motifs is 3. The van der Waals surface area contributed by atoms with Gasteiger partial charge in [0.25, 0.3) is 5.56 Å². The lowest BCUT2D eigenvalue weighted by atomic mass is 9.83. The van der Waals surface area contributed by atoms with Gasteiger partial charge in [-0.05, 0) is 18.2 Å². The maximum atomic E-state index is 12.8. The van der Waals surface area contributed by atoms with Gasteiger partial charge >= 0.3 is 0 Å². The van der Waals surface area contributed by atoms with E-state index in [4.69, 9.17) is 10.5 Å². The number of H-pyrrole nitrogens is 1. The minimum atomic E-state index is -0.802. The third-order valence-electron chi connectivity index (χ3n) is 4.33. The van der Waals surface area contributed by atoms with E-state index in [1.165, 1.54) is 6.07 Å². The first kappa shape index (κ1) is 14.8. The molecular formula is C19H13N3O3. The van der Waals surface area contributed by atoms with Crippen molar-refractivity contribution in [3.05, 3.63) is 81.5 Å². The number of rotatable bonds is 1. The number of aromatic hydroxyl groups is 1. The van der Waals surface area contributed by atoms with Gasteiger partial charge in [0.1, 0.15) is 23.1 Å². The molecule has 1 atom stereocenters. The van der Waals surface area contributed by atoms with Crippen LogP contribution in [0.15, 0.2) is 64.8 Å². The number of allylic oxidation sites excluding steroid dienone is 1. The van der Waals surface area contributed by atoms with Crippen molar-refractivity contribution in [2.24, 2.45) is 5.73 Å². The van der Waals surface area contributed by atoms with Crippen LogP contribution in [0.4, 0.5) is 0 Å². The largest absolute Gasteiger partial charge is 0.508 e. The van der Waals surface area contributed by atoms with Gasteiger partial charge in [-0.15, -0.1) is 0 Å². The van der Waals surface area contributed by atoms with Crippen molar-refractivity contribution in [3.8, 4) is 17.6 Å². The lowest BCUT2D eigenvalue weighted by Crippen LogP contribution is -2.27. The van der Waals surface area contributed by atoms with E-state index in [1.54, 1.807) is 36.4 Å². The van der Waals surface area contributed by atoms with Gasteiger partial charge in [-0.1, -0.05) is 30.3 Å². The smallest absolute Gasteiger partial charge is 0.256 e. The Bertz CT molecular complexity index is 1140. The van der Waals surface area contributed by atoms with Crippen LogP contribution in [-0.4, -0.2) is 10.1 Å². The third-order valence-corrected chi connectivity index (χ3v) is 4.33. The average molecular weight is 331 g/mol. The molecule has 2 aromatic carbocycles. The monoisotopic (exact) mass is 331 g/mol. The number of nitrogens with two attached hydrogens (primary N) is 1. The molecule has 3 aromatic rings. The van der Waals surface area contributed by atoms with Gasteiger partial charge in [0.2, 0.25) is 5.88 Å². The summed E-state index contributed by atoms with van der Waals surface area (Å²) >= 11 is 0. The maximum absolute atomic E-state index is 12.8. The van der Waals surface area contributed by atoms with Gasteiger partial charge in [0.15, 0.2) is 0 Å². The van der Waals surface area contributed by atoms with E-state index in [2.05, 4.69) is 4.98 Å².